The summed E-state index contributed by atoms with van der Waals surface area (Å²) in [6, 6.07) is 0. The van der Waals surface area contributed by atoms with Crippen LogP contribution in [0.4, 0.5) is 0 Å². The zero-order chi connectivity index (χ0) is 12.5. The molecule has 0 unspecified atom stereocenters. The van der Waals surface area contributed by atoms with Crippen molar-refractivity contribution in [1.29, 1.82) is 0 Å². The molecule has 0 bridgehead atoms. The molecule has 5 heteroatoms. The lowest BCUT2D eigenvalue weighted by molar-refractivity contribution is 0.140. The van der Waals surface area contributed by atoms with E-state index in [0.29, 0.717) is 13.1 Å². The maximum absolute atomic E-state index is 11.4. The van der Waals surface area contributed by atoms with Crippen LogP contribution in [0.3, 0.4) is 0 Å². The molecule has 0 atom stereocenters. The molecule has 0 aromatic heterocycles. The minimum Gasteiger partial charge on any atom is -0.459 e. The summed E-state index contributed by atoms with van der Waals surface area (Å²) in [5.74, 6) is 1.51. The quantitative estimate of drug-likeness (QED) is 0.699. The number of sulfonamides is 1. The van der Waals surface area contributed by atoms with Gasteiger partial charge in [0.25, 0.3) is 0 Å². The Morgan fingerprint density at radius 3 is 1.76 bits per heavy atom. The Labute approximate surface area is 105 Å². The van der Waals surface area contributed by atoms with Gasteiger partial charge in [-0.2, -0.15) is 0 Å². The molecule has 2 aliphatic heterocycles. The fourth-order valence-corrected chi connectivity index (χ4v) is 3.98. The van der Waals surface area contributed by atoms with Gasteiger partial charge in [-0.15, -0.1) is 0 Å². The van der Waals surface area contributed by atoms with Crippen molar-refractivity contribution < 1.29 is 8.42 Å². The van der Waals surface area contributed by atoms with Crippen LogP contribution in [0, 0.1) is 18.9 Å². The van der Waals surface area contributed by atoms with Crippen LogP contribution in [-0.2, 0) is 10.0 Å². The Balaban J connectivity index is 1.83. The smallest absolute Gasteiger partial charge is 0.211 e. The van der Waals surface area contributed by atoms with E-state index in [1.807, 2.05) is 0 Å². The largest absolute Gasteiger partial charge is 0.459 e. The van der Waals surface area contributed by atoms with Gasteiger partial charge in [0.05, 0.1) is 6.26 Å². The molecule has 0 aromatic carbocycles. The van der Waals surface area contributed by atoms with Crippen LogP contribution in [-0.4, -0.2) is 50.1 Å². The van der Waals surface area contributed by atoms with Gasteiger partial charge < -0.3 is 4.90 Å². The van der Waals surface area contributed by atoms with Gasteiger partial charge in [-0.3, -0.25) is 7.05 Å². The second-order valence-corrected chi connectivity index (χ2v) is 7.44. The van der Waals surface area contributed by atoms with E-state index in [4.69, 9.17) is 0 Å². The number of rotatable bonds is 2. The Morgan fingerprint density at radius 1 is 0.941 bits per heavy atom. The van der Waals surface area contributed by atoms with E-state index in [9.17, 15) is 8.42 Å². The van der Waals surface area contributed by atoms with Crippen molar-refractivity contribution in [3.63, 3.8) is 0 Å². The Kier molecular flexibility index (Phi) is 4.10. The SMILES string of the molecule is [CH2-]N1CCC(C2CCN(S(C)(=O)=O)CC2)CC1. The molecule has 2 fully saturated rings. The van der Waals surface area contributed by atoms with Gasteiger partial charge in [0.1, 0.15) is 0 Å². The van der Waals surface area contributed by atoms with Gasteiger partial charge in [-0.1, -0.05) is 0 Å². The van der Waals surface area contributed by atoms with Crippen molar-refractivity contribution in [3.05, 3.63) is 7.05 Å². The van der Waals surface area contributed by atoms with Crippen molar-refractivity contribution in [2.75, 3.05) is 32.4 Å². The van der Waals surface area contributed by atoms with Crippen LogP contribution in [0.1, 0.15) is 25.7 Å². The molecule has 2 heterocycles. The first kappa shape index (κ1) is 13.3. The molecule has 17 heavy (non-hydrogen) atoms. The van der Waals surface area contributed by atoms with Crippen molar-refractivity contribution in [1.82, 2.24) is 9.21 Å². The maximum atomic E-state index is 11.4. The molecule has 0 saturated carbocycles. The predicted octanol–water partition coefficient (Wildman–Crippen LogP) is 1.16. The van der Waals surface area contributed by atoms with Gasteiger partial charge in [-0.05, 0) is 50.6 Å². The molecule has 0 radical (unpaired) electrons. The summed E-state index contributed by atoms with van der Waals surface area (Å²) in [5, 5.41) is 0. The third kappa shape index (κ3) is 3.42. The molecule has 0 N–H and O–H groups in total. The van der Waals surface area contributed by atoms with E-state index >= 15 is 0 Å². The number of nitrogens with zero attached hydrogens (tertiary/aromatic N) is 2. The van der Waals surface area contributed by atoms with Gasteiger partial charge in [0.15, 0.2) is 0 Å². The fraction of sp³-hybridized carbons (Fsp3) is 0.917. The lowest BCUT2D eigenvalue weighted by atomic mass is 9.79. The normalized spacial score (nSPS) is 27.4. The first-order chi connectivity index (χ1) is 7.97. The summed E-state index contributed by atoms with van der Waals surface area (Å²) in [7, 11) is 0.994. The molecule has 4 nitrogen and oxygen atoms in total. The van der Waals surface area contributed by atoms with E-state index in [1.165, 1.54) is 19.1 Å². The minimum absolute atomic E-state index is 0.716. The molecular formula is C12H23N2O2S-. The van der Waals surface area contributed by atoms with E-state index in [0.717, 1.165) is 37.8 Å². The van der Waals surface area contributed by atoms with Crippen molar-refractivity contribution in [2.45, 2.75) is 25.7 Å². The summed E-state index contributed by atoms with van der Waals surface area (Å²) < 4.78 is 24.5. The Bertz CT molecular complexity index is 340. The number of likely N-dealkylation sites (tertiary alicyclic amines) is 1. The fourth-order valence-electron chi connectivity index (χ4n) is 3.10. The topological polar surface area (TPSA) is 40.6 Å². The standard InChI is InChI=1S/C12H23N2O2S/c1-13-7-3-11(4-8-13)12-5-9-14(10-6-12)17(2,15)16/h11-12H,1,3-10H2,2H3/q-1. The second kappa shape index (κ2) is 5.24. The number of piperidine rings is 2. The minimum atomic E-state index is -2.97. The zero-order valence-corrected chi connectivity index (χ0v) is 11.5. The van der Waals surface area contributed by atoms with Crippen molar-refractivity contribution in [3.8, 4) is 0 Å². The highest BCUT2D eigenvalue weighted by atomic mass is 32.2. The lowest BCUT2D eigenvalue weighted by Gasteiger charge is -2.41. The number of hydrogen-bond acceptors (Lipinski definition) is 3. The van der Waals surface area contributed by atoms with Crippen LogP contribution in [0.2, 0.25) is 0 Å². The van der Waals surface area contributed by atoms with E-state index < -0.39 is 10.0 Å². The maximum Gasteiger partial charge on any atom is 0.211 e. The van der Waals surface area contributed by atoms with Gasteiger partial charge in [0, 0.05) is 13.1 Å². The molecule has 0 amide bonds. The third-order valence-corrected chi connectivity index (χ3v) is 5.57. The van der Waals surface area contributed by atoms with Crippen LogP contribution in [0.15, 0.2) is 0 Å². The van der Waals surface area contributed by atoms with Crippen molar-refractivity contribution >= 4 is 10.0 Å². The van der Waals surface area contributed by atoms with Crippen LogP contribution in [0.5, 0.6) is 0 Å². The van der Waals surface area contributed by atoms with Gasteiger partial charge in [0.2, 0.25) is 10.0 Å². The van der Waals surface area contributed by atoms with Gasteiger partial charge in [-0.25, -0.2) is 12.7 Å². The molecular weight excluding hydrogens is 236 g/mol. The summed E-state index contributed by atoms with van der Waals surface area (Å²) in [6.07, 6.45) is 5.85. The van der Waals surface area contributed by atoms with E-state index in [1.54, 1.807) is 4.31 Å². The highest BCUT2D eigenvalue weighted by Crippen LogP contribution is 2.32. The van der Waals surface area contributed by atoms with Gasteiger partial charge >= 0.3 is 0 Å². The second-order valence-electron chi connectivity index (χ2n) is 5.45. The van der Waals surface area contributed by atoms with E-state index in [2.05, 4.69) is 11.9 Å². The highest BCUT2D eigenvalue weighted by molar-refractivity contribution is 7.88. The molecule has 2 rings (SSSR count). The number of hydrogen-bond donors (Lipinski definition) is 0. The molecule has 0 aliphatic carbocycles. The highest BCUT2D eigenvalue weighted by Gasteiger charge is 2.30. The molecule has 100 valence electrons. The first-order valence-electron chi connectivity index (χ1n) is 6.47. The summed E-state index contributed by atoms with van der Waals surface area (Å²) >= 11 is 0. The monoisotopic (exact) mass is 259 g/mol. The average Bonchev–Trinajstić information content (AvgIpc) is 2.29. The lowest BCUT2D eigenvalue weighted by Crippen LogP contribution is -2.41. The third-order valence-electron chi connectivity index (χ3n) is 4.27. The van der Waals surface area contributed by atoms with Crippen LogP contribution in [0.25, 0.3) is 0 Å². The Hall–Kier alpha value is -0.130. The van der Waals surface area contributed by atoms with Crippen molar-refractivity contribution in [2.24, 2.45) is 11.8 Å². The predicted molar refractivity (Wildman–Crippen MR) is 68.8 cm³/mol. The Morgan fingerprint density at radius 2 is 1.35 bits per heavy atom. The summed E-state index contributed by atoms with van der Waals surface area (Å²) in [5.41, 5.74) is 0. The first-order valence-corrected chi connectivity index (χ1v) is 8.32. The molecule has 2 saturated heterocycles. The van der Waals surface area contributed by atoms with Crippen LogP contribution >= 0.6 is 0 Å². The molecule has 0 spiro atoms. The average molecular weight is 259 g/mol. The zero-order valence-electron chi connectivity index (χ0n) is 10.6. The van der Waals surface area contributed by atoms with Crippen LogP contribution < -0.4 is 0 Å². The molecule has 0 aromatic rings. The molecule has 2 aliphatic rings. The summed E-state index contributed by atoms with van der Waals surface area (Å²) in [4.78, 5) is 2.14. The summed E-state index contributed by atoms with van der Waals surface area (Å²) in [6.45, 7) is 3.62. The van der Waals surface area contributed by atoms with E-state index in [-0.39, 0.29) is 0 Å².